The Morgan fingerprint density at radius 2 is 0.765 bits per heavy atom. The van der Waals surface area contributed by atoms with Crippen LogP contribution in [0.5, 0.6) is 0 Å². The van der Waals surface area contributed by atoms with E-state index in [-0.39, 0.29) is 0 Å². The summed E-state index contributed by atoms with van der Waals surface area (Å²) in [7, 11) is 0. The van der Waals surface area contributed by atoms with Gasteiger partial charge in [-0.25, -0.2) is 4.79 Å². The fourth-order valence-electron chi connectivity index (χ4n) is 5.37. The highest BCUT2D eigenvalue weighted by atomic mass is 16.4. The standard InChI is InChI=1S/C37H60N10O21/c1-13(2)26(46-29(59)15(4)39-28(58)14(3)40-31(61)19(8-24(54)55)42-30(60)17(38)10-48)35(65)43-20(9-25(56)57)32(62)47-27(16(5)51)36(66)45-22(12-50)34(64)44-21(11-49)33(63)41-18(37(67)68)6-7-23(52)53/h13-22,26-27,48-51H,6-12,38H2,1-5H3,(H,39,58)(H,40,61)(H,41,63)(H,42,60)(H,43,65)(H,44,64)(H,45,66)(H,46,59)(H,47,62)(H,52,53)(H,54,55)(H,56,57)(H,67,68)/t14-,15-,16+,17-,18-,19-,20-,21-,22-,26-,27-/m0/s1. The summed E-state index contributed by atoms with van der Waals surface area (Å²) in [4.78, 5) is 162. The smallest absolute Gasteiger partial charge is 0.326 e. The second-order valence-electron chi connectivity index (χ2n) is 15.3. The molecule has 0 aromatic rings. The van der Waals surface area contributed by atoms with Crippen LogP contribution in [-0.2, 0) is 62.3 Å². The van der Waals surface area contributed by atoms with Gasteiger partial charge in [-0.15, -0.1) is 0 Å². The molecule has 0 bridgehead atoms. The highest BCUT2D eigenvalue weighted by molar-refractivity contribution is 5.99. The second-order valence-corrected chi connectivity index (χ2v) is 15.3. The van der Waals surface area contributed by atoms with Crippen LogP contribution in [0.4, 0.5) is 0 Å². The molecule has 0 aliphatic carbocycles. The van der Waals surface area contributed by atoms with Crippen molar-refractivity contribution >= 4 is 77.0 Å². The van der Waals surface area contributed by atoms with E-state index in [1.807, 2.05) is 26.6 Å². The van der Waals surface area contributed by atoms with Crippen molar-refractivity contribution < 1.29 is 103 Å². The van der Waals surface area contributed by atoms with Gasteiger partial charge in [0.05, 0.1) is 38.8 Å². The van der Waals surface area contributed by atoms with Gasteiger partial charge in [0.1, 0.15) is 60.4 Å². The lowest BCUT2D eigenvalue weighted by atomic mass is 10.0. The molecule has 19 N–H and O–H groups in total. The van der Waals surface area contributed by atoms with Crippen molar-refractivity contribution in [3.63, 3.8) is 0 Å². The molecule has 0 aliphatic rings. The molecular formula is C37H60N10O21. The molecule has 11 atom stereocenters. The monoisotopic (exact) mass is 980 g/mol. The Kier molecular flexibility index (Phi) is 26.5. The first-order valence-electron chi connectivity index (χ1n) is 20.4. The van der Waals surface area contributed by atoms with Crippen LogP contribution >= 0.6 is 0 Å². The van der Waals surface area contributed by atoms with E-state index in [1.165, 1.54) is 13.8 Å². The zero-order valence-corrected chi connectivity index (χ0v) is 37.3. The van der Waals surface area contributed by atoms with Gasteiger partial charge in [0.15, 0.2) is 0 Å². The van der Waals surface area contributed by atoms with Crippen molar-refractivity contribution in [2.45, 2.75) is 127 Å². The molecule has 0 unspecified atom stereocenters. The third-order valence-electron chi connectivity index (χ3n) is 9.26. The number of carbonyl (C=O) groups excluding carboxylic acids is 9. The molecule has 384 valence electrons. The van der Waals surface area contributed by atoms with E-state index >= 15 is 0 Å². The first-order valence-corrected chi connectivity index (χ1v) is 20.4. The van der Waals surface area contributed by atoms with Gasteiger partial charge in [-0.2, -0.15) is 0 Å². The third-order valence-corrected chi connectivity index (χ3v) is 9.26. The minimum Gasteiger partial charge on any atom is -0.481 e. The number of carboxylic acid groups (broad SMARTS) is 4. The van der Waals surface area contributed by atoms with Crippen molar-refractivity contribution in [1.82, 2.24) is 47.9 Å². The fourth-order valence-corrected chi connectivity index (χ4v) is 5.37. The molecule has 0 fully saturated rings. The maximum atomic E-state index is 13.5. The van der Waals surface area contributed by atoms with Gasteiger partial charge < -0.3 is 94.4 Å². The van der Waals surface area contributed by atoms with E-state index in [2.05, 4.69) is 21.3 Å². The average Bonchev–Trinajstić information content (AvgIpc) is 3.24. The number of carbonyl (C=O) groups is 13. The Bertz CT molecular complexity index is 1870. The van der Waals surface area contributed by atoms with E-state index in [1.54, 1.807) is 0 Å². The maximum Gasteiger partial charge on any atom is 0.326 e. The summed E-state index contributed by atoms with van der Waals surface area (Å²) < 4.78 is 0. The number of nitrogens with two attached hydrogens (primary N) is 1. The number of aliphatic hydroxyl groups excluding tert-OH is 4. The molecule has 31 heteroatoms. The van der Waals surface area contributed by atoms with Crippen LogP contribution < -0.4 is 53.6 Å². The molecule has 0 rings (SSSR count). The first kappa shape index (κ1) is 60.9. The molecular weight excluding hydrogens is 920 g/mol. The number of hydrogen-bond acceptors (Lipinski definition) is 18. The Labute approximate surface area is 386 Å². The minimum atomic E-state index is -2.05. The zero-order chi connectivity index (χ0) is 52.7. The van der Waals surface area contributed by atoms with Crippen LogP contribution in [0, 0.1) is 5.92 Å². The summed E-state index contributed by atoms with van der Waals surface area (Å²) in [5, 5.41) is 94.4. The molecule has 0 aliphatic heterocycles. The van der Waals surface area contributed by atoms with Crippen LogP contribution in [0.25, 0.3) is 0 Å². The van der Waals surface area contributed by atoms with Crippen LogP contribution in [0.3, 0.4) is 0 Å². The van der Waals surface area contributed by atoms with E-state index in [0.29, 0.717) is 0 Å². The summed E-state index contributed by atoms with van der Waals surface area (Å²) in [6.45, 7) is 2.87. The number of aliphatic hydroxyl groups is 4. The van der Waals surface area contributed by atoms with Crippen molar-refractivity contribution in [3.8, 4) is 0 Å². The summed E-state index contributed by atoms with van der Waals surface area (Å²) in [6, 6.07) is -17.5. The van der Waals surface area contributed by atoms with Crippen molar-refractivity contribution in [2.24, 2.45) is 11.7 Å². The predicted octanol–water partition coefficient (Wildman–Crippen LogP) is -9.37. The number of carboxylic acids is 4. The fraction of sp³-hybridized carbons (Fsp3) is 0.649. The molecule has 9 amide bonds. The molecule has 0 spiro atoms. The number of aliphatic carboxylic acids is 4. The van der Waals surface area contributed by atoms with E-state index in [0.717, 1.165) is 20.8 Å². The quantitative estimate of drug-likeness (QED) is 0.0307. The van der Waals surface area contributed by atoms with Gasteiger partial charge in [0, 0.05) is 6.42 Å². The largest absolute Gasteiger partial charge is 0.481 e. The minimum absolute atomic E-state index is 0.583. The molecule has 31 nitrogen and oxygen atoms in total. The zero-order valence-electron chi connectivity index (χ0n) is 37.3. The number of amides is 9. The van der Waals surface area contributed by atoms with Gasteiger partial charge in [-0.1, -0.05) is 13.8 Å². The second kappa shape index (κ2) is 29.5. The summed E-state index contributed by atoms with van der Waals surface area (Å²) in [5.41, 5.74) is 5.38. The van der Waals surface area contributed by atoms with Gasteiger partial charge in [-0.3, -0.25) is 57.5 Å². The first-order chi connectivity index (χ1) is 31.5. The molecule has 0 aromatic carbocycles. The highest BCUT2D eigenvalue weighted by Gasteiger charge is 2.37. The average molecular weight is 981 g/mol. The lowest BCUT2D eigenvalue weighted by Gasteiger charge is -2.28. The normalized spacial score (nSPS) is 15.8. The van der Waals surface area contributed by atoms with Gasteiger partial charge in [0.2, 0.25) is 53.2 Å². The lowest BCUT2D eigenvalue weighted by Crippen LogP contribution is -2.63. The third kappa shape index (κ3) is 21.5. The molecule has 0 aromatic heterocycles. The molecule has 0 heterocycles. The van der Waals surface area contributed by atoms with Crippen LogP contribution in [-0.4, -0.2) is 204 Å². The van der Waals surface area contributed by atoms with Gasteiger partial charge in [-0.05, 0) is 33.1 Å². The van der Waals surface area contributed by atoms with Crippen molar-refractivity contribution in [3.05, 3.63) is 0 Å². The summed E-state index contributed by atoms with van der Waals surface area (Å²) in [5.74, 6) is -18.0. The highest BCUT2D eigenvalue weighted by Crippen LogP contribution is 2.07. The van der Waals surface area contributed by atoms with Gasteiger partial charge >= 0.3 is 23.9 Å². The summed E-state index contributed by atoms with van der Waals surface area (Å²) in [6.07, 6.45) is -5.20. The maximum absolute atomic E-state index is 13.5. The van der Waals surface area contributed by atoms with Crippen molar-refractivity contribution in [1.29, 1.82) is 0 Å². The Morgan fingerprint density at radius 1 is 0.412 bits per heavy atom. The summed E-state index contributed by atoms with van der Waals surface area (Å²) >= 11 is 0. The number of hydrogen-bond donors (Lipinski definition) is 18. The SMILES string of the molecule is CC(C)[C@H](NC(=O)[C@H](C)NC(=O)[C@H](C)NC(=O)[C@H](CC(=O)O)NC(=O)[C@@H](N)CO)C(=O)N[C@@H](CC(=O)O)C(=O)N[C@H](C(=O)N[C@@H](CO)C(=O)N[C@@H](CO)C(=O)N[C@@H](CCC(=O)O)C(=O)O)[C@@H](C)O. The van der Waals surface area contributed by atoms with E-state index < -0.39 is 195 Å². The molecule has 0 radical (unpaired) electrons. The van der Waals surface area contributed by atoms with Gasteiger partial charge in [0.25, 0.3) is 0 Å². The van der Waals surface area contributed by atoms with Crippen LogP contribution in [0.1, 0.15) is 60.3 Å². The lowest BCUT2D eigenvalue weighted by molar-refractivity contribution is -0.144. The number of nitrogens with one attached hydrogen (secondary N) is 9. The number of rotatable bonds is 31. The van der Waals surface area contributed by atoms with E-state index in [9.17, 15) is 87.9 Å². The van der Waals surface area contributed by atoms with E-state index in [4.69, 9.17) is 21.1 Å². The molecule has 0 saturated heterocycles. The predicted molar refractivity (Wildman–Crippen MR) is 223 cm³/mol. The molecule has 0 saturated carbocycles. The van der Waals surface area contributed by atoms with Crippen LogP contribution in [0.15, 0.2) is 0 Å². The van der Waals surface area contributed by atoms with Crippen molar-refractivity contribution in [2.75, 3.05) is 19.8 Å². The Morgan fingerprint density at radius 3 is 1.16 bits per heavy atom. The Hall–Kier alpha value is -7.09. The topological polar surface area (TPSA) is 518 Å². The van der Waals surface area contributed by atoms with Crippen LogP contribution in [0.2, 0.25) is 0 Å². The molecule has 68 heavy (non-hydrogen) atoms. The Balaban J connectivity index is 5.95.